The lowest BCUT2D eigenvalue weighted by molar-refractivity contribution is -0.127. The summed E-state index contributed by atoms with van der Waals surface area (Å²) in [6.45, 7) is 10.4. The third-order valence-electron chi connectivity index (χ3n) is 2.58. The maximum absolute atomic E-state index is 11.2. The van der Waals surface area contributed by atoms with Crippen molar-refractivity contribution in [2.45, 2.75) is 59.3 Å². The minimum Gasteiger partial charge on any atom is -0.317 e. The minimum absolute atomic E-state index is 0.107. The highest BCUT2D eigenvalue weighted by molar-refractivity contribution is 5.74. The molecule has 0 atom stereocenters. The van der Waals surface area contributed by atoms with Crippen LogP contribution >= 0.6 is 0 Å². The number of unbranched alkanes of at least 4 members (excludes halogenated alkanes) is 5. The molecule has 2 nitrogen and oxygen atoms in total. The lowest BCUT2D eigenvalue weighted by Gasteiger charge is -2.20. The maximum atomic E-state index is 11.2. The van der Waals surface area contributed by atoms with Crippen molar-refractivity contribution in [1.29, 1.82) is 0 Å². The summed E-state index contributed by atoms with van der Waals surface area (Å²) in [6.07, 6.45) is 7.54. The Morgan fingerprint density at radius 2 is 1.60 bits per heavy atom. The van der Waals surface area contributed by atoms with Gasteiger partial charge in [0.1, 0.15) is 0 Å². The summed E-state index contributed by atoms with van der Waals surface area (Å²) in [7, 11) is 0. The molecule has 0 heterocycles. The molecule has 1 amide bonds. The van der Waals surface area contributed by atoms with Gasteiger partial charge in [0, 0.05) is 19.2 Å². The fourth-order valence-corrected chi connectivity index (χ4v) is 1.67. The van der Waals surface area contributed by atoms with E-state index >= 15 is 0 Å². The molecule has 0 aromatic heterocycles. The van der Waals surface area contributed by atoms with Crippen LogP contribution in [0.2, 0.25) is 0 Å². The van der Waals surface area contributed by atoms with Crippen LogP contribution in [0.1, 0.15) is 59.3 Å². The highest BCUT2D eigenvalue weighted by Gasteiger charge is 2.07. The zero-order valence-electron chi connectivity index (χ0n) is 10.5. The van der Waals surface area contributed by atoms with E-state index in [1.807, 2.05) is 6.92 Å². The molecule has 0 aliphatic heterocycles. The zero-order valence-corrected chi connectivity index (χ0v) is 10.5. The van der Waals surface area contributed by atoms with E-state index in [-0.39, 0.29) is 5.91 Å². The molecule has 0 aromatic carbocycles. The van der Waals surface area contributed by atoms with Gasteiger partial charge in [0.25, 0.3) is 0 Å². The molecule has 2 heteroatoms. The van der Waals surface area contributed by atoms with Gasteiger partial charge in [-0.25, -0.2) is 0 Å². The van der Waals surface area contributed by atoms with Gasteiger partial charge in [-0.05, 0) is 13.3 Å². The lowest BCUT2D eigenvalue weighted by Crippen LogP contribution is -2.27. The normalized spacial score (nSPS) is 10.1. The number of rotatable bonds is 8. The topological polar surface area (TPSA) is 20.3 Å². The molecule has 0 saturated carbocycles. The van der Waals surface area contributed by atoms with E-state index in [0.29, 0.717) is 0 Å². The van der Waals surface area contributed by atoms with Crippen molar-refractivity contribution in [3.05, 3.63) is 12.3 Å². The van der Waals surface area contributed by atoms with Crippen LogP contribution in [0.5, 0.6) is 0 Å². The van der Waals surface area contributed by atoms with Gasteiger partial charge in [-0.3, -0.25) is 4.79 Å². The van der Waals surface area contributed by atoms with Crippen LogP contribution in [0.25, 0.3) is 0 Å². The predicted molar refractivity (Wildman–Crippen MR) is 65.6 cm³/mol. The smallest absolute Gasteiger partial charge is 0.223 e. The largest absolute Gasteiger partial charge is 0.317 e. The summed E-state index contributed by atoms with van der Waals surface area (Å²) < 4.78 is 0. The van der Waals surface area contributed by atoms with E-state index < -0.39 is 0 Å². The molecule has 0 radical (unpaired) electrons. The Morgan fingerprint density at radius 1 is 1.07 bits per heavy atom. The molecular formula is C13H25NO. The summed E-state index contributed by atoms with van der Waals surface area (Å²) in [4.78, 5) is 13.0. The molecule has 0 saturated heterocycles. The zero-order chi connectivity index (χ0) is 11.7. The highest BCUT2D eigenvalue weighted by atomic mass is 16.2. The number of carbonyl (C=O) groups is 1. The van der Waals surface area contributed by atoms with Gasteiger partial charge in [0.2, 0.25) is 5.91 Å². The Bertz CT molecular complexity index is 185. The first-order valence-corrected chi connectivity index (χ1v) is 6.03. The summed E-state index contributed by atoms with van der Waals surface area (Å²) in [5, 5.41) is 0. The first-order valence-electron chi connectivity index (χ1n) is 6.03. The number of amides is 1. The minimum atomic E-state index is 0.107. The Balaban J connectivity index is 3.55. The van der Waals surface area contributed by atoms with Crippen LogP contribution in [-0.4, -0.2) is 17.4 Å². The van der Waals surface area contributed by atoms with Gasteiger partial charge in [0.15, 0.2) is 0 Å². The Morgan fingerprint density at radius 3 is 2.07 bits per heavy atom. The first-order chi connectivity index (χ1) is 7.09. The Hall–Kier alpha value is -0.790. The highest BCUT2D eigenvalue weighted by Crippen LogP contribution is 2.08. The van der Waals surface area contributed by atoms with Crippen LogP contribution in [0, 0.1) is 0 Å². The molecule has 0 rings (SSSR count). The van der Waals surface area contributed by atoms with Crippen molar-refractivity contribution in [2.75, 3.05) is 6.54 Å². The second-order valence-corrected chi connectivity index (χ2v) is 4.17. The number of hydrogen-bond acceptors (Lipinski definition) is 1. The van der Waals surface area contributed by atoms with Gasteiger partial charge in [-0.2, -0.15) is 0 Å². The third-order valence-corrected chi connectivity index (χ3v) is 2.58. The molecule has 88 valence electrons. The standard InChI is InChI=1S/C13H25NO/c1-5-6-7-8-9-10-11-14(12(2)3)13(4)15/h2,5-11H2,1,3-4H3. The third kappa shape index (κ3) is 7.18. The molecule has 0 fully saturated rings. The number of carbonyl (C=O) groups excluding carboxylic acids is 1. The van der Waals surface area contributed by atoms with Crippen LogP contribution in [-0.2, 0) is 4.79 Å². The average Bonchev–Trinajstić information content (AvgIpc) is 2.15. The van der Waals surface area contributed by atoms with Crippen molar-refractivity contribution in [3.63, 3.8) is 0 Å². The van der Waals surface area contributed by atoms with E-state index in [4.69, 9.17) is 0 Å². The van der Waals surface area contributed by atoms with E-state index in [1.54, 1.807) is 11.8 Å². The Labute approximate surface area is 94.4 Å². The summed E-state index contributed by atoms with van der Waals surface area (Å²) in [6, 6.07) is 0. The molecule has 0 aromatic rings. The van der Waals surface area contributed by atoms with Crippen molar-refractivity contribution >= 4 is 5.91 Å². The number of hydrogen-bond donors (Lipinski definition) is 0. The SMILES string of the molecule is C=C(C)N(CCCCCCCC)C(C)=O. The molecule has 0 bridgehead atoms. The van der Waals surface area contributed by atoms with Crippen molar-refractivity contribution in [1.82, 2.24) is 4.90 Å². The summed E-state index contributed by atoms with van der Waals surface area (Å²) >= 11 is 0. The average molecular weight is 211 g/mol. The molecule has 15 heavy (non-hydrogen) atoms. The monoisotopic (exact) mass is 211 g/mol. The molecule has 0 spiro atoms. The maximum Gasteiger partial charge on any atom is 0.223 e. The summed E-state index contributed by atoms with van der Waals surface area (Å²) in [5.41, 5.74) is 0.857. The van der Waals surface area contributed by atoms with Gasteiger partial charge in [0.05, 0.1) is 0 Å². The van der Waals surface area contributed by atoms with Crippen LogP contribution in [0.3, 0.4) is 0 Å². The van der Waals surface area contributed by atoms with E-state index in [9.17, 15) is 4.79 Å². The van der Waals surface area contributed by atoms with Crippen LogP contribution in [0.4, 0.5) is 0 Å². The fraction of sp³-hybridized carbons (Fsp3) is 0.769. The van der Waals surface area contributed by atoms with Gasteiger partial charge in [-0.15, -0.1) is 0 Å². The van der Waals surface area contributed by atoms with E-state index in [1.165, 1.54) is 32.1 Å². The fourth-order valence-electron chi connectivity index (χ4n) is 1.67. The molecule has 0 N–H and O–H groups in total. The van der Waals surface area contributed by atoms with Gasteiger partial charge >= 0.3 is 0 Å². The van der Waals surface area contributed by atoms with E-state index in [2.05, 4.69) is 13.5 Å². The lowest BCUT2D eigenvalue weighted by atomic mass is 10.1. The second kappa shape index (κ2) is 8.51. The van der Waals surface area contributed by atoms with Crippen LogP contribution < -0.4 is 0 Å². The number of allylic oxidation sites excluding steroid dienone is 1. The second-order valence-electron chi connectivity index (χ2n) is 4.17. The van der Waals surface area contributed by atoms with Crippen molar-refractivity contribution < 1.29 is 4.79 Å². The molecule has 0 aliphatic rings. The van der Waals surface area contributed by atoms with Gasteiger partial charge in [-0.1, -0.05) is 45.6 Å². The Kier molecular flexibility index (Phi) is 8.06. The molecular weight excluding hydrogens is 186 g/mol. The summed E-state index contributed by atoms with van der Waals surface area (Å²) in [5.74, 6) is 0.107. The van der Waals surface area contributed by atoms with Crippen molar-refractivity contribution in [3.8, 4) is 0 Å². The first kappa shape index (κ1) is 14.2. The quantitative estimate of drug-likeness (QED) is 0.560. The van der Waals surface area contributed by atoms with Gasteiger partial charge < -0.3 is 4.90 Å². The molecule has 0 aliphatic carbocycles. The molecule has 0 unspecified atom stereocenters. The van der Waals surface area contributed by atoms with Crippen molar-refractivity contribution in [2.24, 2.45) is 0 Å². The predicted octanol–water partition coefficient (Wildman–Crippen LogP) is 3.73. The number of nitrogens with zero attached hydrogens (tertiary/aromatic N) is 1. The van der Waals surface area contributed by atoms with E-state index in [0.717, 1.165) is 18.7 Å². The van der Waals surface area contributed by atoms with Crippen LogP contribution in [0.15, 0.2) is 12.3 Å².